The largest absolute Gasteiger partial charge is 0.353 e. The van der Waals surface area contributed by atoms with Crippen LogP contribution in [-0.4, -0.2) is 40.6 Å². The highest BCUT2D eigenvalue weighted by Crippen LogP contribution is 2.23. The molecule has 0 unspecified atom stereocenters. The van der Waals surface area contributed by atoms with Crippen molar-refractivity contribution in [1.29, 1.82) is 5.41 Å². The first kappa shape index (κ1) is 20.8. The fraction of sp³-hybridized carbons (Fsp3) is 0.0909. The van der Waals surface area contributed by atoms with Gasteiger partial charge in [-0.25, -0.2) is 4.98 Å². The maximum Gasteiger partial charge on any atom is 0.258 e. The van der Waals surface area contributed by atoms with E-state index < -0.39 is 5.91 Å². The molecule has 2 amide bonds. The molecule has 156 valence electrons. The smallest absolute Gasteiger partial charge is 0.258 e. The summed E-state index contributed by atoms with van der Waals surface area (Å²) in [6, 6.07) is 14.6. The summed E-state index contributed by atoms with van der Waals surface area (Å²) in [5, 5.41) is 14.3. The number of amidine groups is 1. The second-order valence-corrected chi connectivity index (χ2v) is 7.75. The number of halogens is 2. The Balaban J connectivity index is 1.51. The van der Waals surface area contributed by atoms with Crippen LogP contribution in [0.15, 0.2) is 60.8 Å². The molecular formula is C22H17Cl2N5O2. The third kappa shape index (κ3) is 5.02. The topological polar surface area (TPSA) is 98.0 Å². The average molecular weight is 454 g/mol. The van der Waals surface area contributed by atoms with Gasteiger partial charge in [0.25, 0.3) is 11.8 Å². The second kappa shape index (κ2) is 8.75. The van der Waals surface area contributed by atoms with Gasteiger partial charge in [-0.2, -0.15) is 0 Å². The van der Waals surface area contributed by atoms with Crippen LogP contribution in [0, 0.1) is 5.41 Å². The summed E-state index contributed by atoms with van der Waals surface area (Å²) in [6.45, 7) is 1.77. The molecule has 1 aromatic heterocycles. The Morgan fingerprint density at radius 3 is 2.19 bits per heavy atom. The fourth-order valence-corrected chi connectivity index (χ4v) is 3.16. The number of hydrogen-bond acceptors (Lipinski definition) is 4. The van der Waals surface area contributed by atoms with E-state index in [1.165, 1.54) is 12.3 Å². The van der Waals surface area contributed by atoms with Crippen molar-refractivity contribution in [1.82, 2.24) is 9.88 Å². The zero-order valence-corrected chi connectivity index (χ0v) is 17.7. The third-order valence-electron chi connectivity index (χ3n) is 4.63. The van der Waals surface area contributed by atoms with Crippen LogP contribution in [-0.2, 0) is 0 Å². The summed E-state index contributed by atoms with van der Waals surface area (Å²) in [4.78, 5) is 31.4. The molecule has 0 spiro atoms. The maximum absolute atomic E-state index is 12.8. The van der Waals surface area contributed by atoms with E-state index in [9.17, 15) is 9.59 Å². The van der Waals surface area contributed by atoms with Crippen molar-refractivity contribution in [3.05, 3.63) is 87.5 Å². The van der Waals surface area contributed by atoms with Gasteiger partial charge in [-0.05, 0) is 42.5 Å². The van der Waals surface area contributed by atoms with E-state index in [1.807, 2.05) is 4.90 Å². The van der Waals surface area contributed by atoms with E-state index >= 15 is 0 Å². The Labute approximate surface area is 188 Å². The van der Waals surface area contributed by atoms with E-state index in [-0.39, 0.29) is 11.5 Å². The quantitative estimate of drug-likeness (QED) is 0.300. The number of nitrogens with zero attached hydrogens (tertiary/aromatic N) is 2. The van der Waals surface area contributed by atoms with Crippen LogP contribution in [0.2, 0.25) is 10.0 Å². The van der Waals surface area contributed by atoms with Crippen molar-refractivity contribution < 1.29 is 9.59 Å². The standard InChI is InChI=1S/C22H17Cl2N5O2/c23-15-5-7-18(17(11-15)22(31)28-19-8-6-16(24)12-26-19)27-21(30)14-3-1-13(2-4-14)20(25)29-9-10-29/h1-8,11-12,25H,9-10H2,(H,27,30)(H,26,28,31). The number of aromatic nitrogens is 1. The van der Waals surface area contributed by atoms with Gasteiger partial charge >= 0.3 is 0 Å². The van der Waals surface area contributed by atoms with Crippen LogP contribution < -0.4 is 10.6 Å². The van der Waals surface area contributed by atoms with Gasteiger partial charge in [0.1, 0.15) is 11.7 Å². The Kier molecular flexibility index (Phi) is 5.88. The van der Waals surface area contributed by atoms with Gasteiger partial charge < -0.3 is 15.5 Å². The number of amides is 2. The van der Waals surface area contributed by atoms with Crippen molar-refractivity contribution in [3.63, 3.8) is 0 Å². The zero-order valence-electron chi connectivity index (χ0n) is 16.2. The molecule has 0 aliphatic carbocycles. The van der Waals surface area contributed by atoms with E-state index in [2.05, 4.69) is 15.6 Å². The van der Waals surface area contributed by atoms with Crippen molar-refractivity contribution >= 4 is 52.4 Å². The van der Waals surface area contributed by atoms with Gasteiger partial charge in [-0.15, -0.1) is 0 Å². The molecule has 3 aromatic rings. The number of carbonyl (C=O) groups excluding carboxylic acids is 2. The predicted octanol–water partition coefficient (Wildman–Crippen LogP) is 4.53. The maximum atomic E-state index is 12.8. The first-order chi connectivity index (χ1) is 14.9. The zero-order chi connectivity index (χ0) is 22.0. The minimum Gasteiger partial charge on any atom is -0.353 e. The number of pyridine rings is 1. The Bertz CT molecular complexity index is 1160. The van der Waals surface area contributed by atoms with Gasteiger partial charge in [0.05, 0.1) is 16.3 Å². The van der Waals surface area contributed by atoms with E-state index in [0.717, 1.165) is 18.7 Å². The predicted molar refractivity (Wildman–Crippen MR) is 121 cm³/mol. The van der Waals surface area contributed by atoms with Gasteiger partial charge in [0.15, 0.2) is 0 Å². The van der Waals surface area contributed by atoms with Crippen LogP contribution in [0.1, 0.15) is 26.3 Å². The molecule has 0 atom stereocenters. The first-order valence-corrected chi connectivity index (χ1v) is 10.1. The molecule has 2 aromatic carbocycles. The van der Waals surface area contributed by atoms with Crippen LogP contribution in [0.3, 0.4) is 0 Å². The summed E-state index contributed by atoms with van der Waals surface area (Å²) < 4.78 is 0. The highest BCUT2D eigenvalue weighted by molar-refractivity contribution is 6.31. The minimum atomic E-state index is -0.477. The SMILES string of the molecule is N=C(c1ccc(C(=O)Nc2ccc(Cl)cc2C(=O)Nc2ccc(Cl)cn2)cc1)N1CC1. The van der Waals surface area contributed by atoms with Gasteiger partial charge in [0, 0.05) is 35.4 Å². The lowest BCUT2D eigenvalue weighted by Crippen LogP contribution is -2.19. The van der Waals surface area contributed by atoms with Crippen LogP contribution in [0.25, 0.3) is 0 Å². The van der Waals surface area contributed by atoms with Gasteiger partial charge in [-0.3, -0.25) is 15.0 Å². The minimum absolute atomic E-state index is 0.192. The fourth-order valence-electron chi connectivity index (χ4n) is 2.88. The van der Waals surface area contributed by atoms with Crippen molar-refractivity contribution in [2.45, 2.75) is 0 Å². The molecule has 4 rings (SSSR count). The molecular weight excluding hydrogens is 437 g/mol. The molecule has 7 nitrogen and oxygen atoms in total. The summed E-state index contributed by atoms with van der Waals surface area (Å²) >= 11 is 11.9. The number of rotatable bonds is 5. The first-order valence-electron chi connectivity index (χ1n) is 9.38. The highest BCUT2D eigenvalue weighted by Gasteiger charge is 2.22. The molecule has 3 N–H and O–H groups in total. The summed E-state index contributed by atoms with van der Waals surface area (Å²) in [5.74, 6) is -0.101. The Morgan fingerprint density at radius 2 is 1.55 bits per heavy atom. The van der Waals surface area contributed by atoms with Crippen LogP contribution in [0.4, 0.5) is 11.5 Å². The molecule has 0 radical (unpaired) electrons. The normalized spacial score (nSPS) is 12.3. The number of anilines is 2. The summed E-state index contributed by atoms with van der Waals surface area (Å²) in [5.41, 5.74) is 1.65. The number of carbonyl (C=O) groups is 2. The lowest BCUT2D eigenvalue weighted by atomic mass is 10.1. The average Bonchev–Trinajstić information content (AvgIpc) is 3.61. The van der Waals surface area contributed by atoms with Crippen molar-refractivity contribution in [2.24, 2.45) is 0 Å². The van der Waals surface area contributed by atoms with Crippen LogP contribution >= 0.6 is 23.2 Å². The molecule has 2 heterocycles. The van der Waals surface area contributed by atoms with E-state index in [0.29, 0.717) is 32.9 Å². The van der Waals surface area contributed by atoms with Gasteiger partial charge in [0.2, 0.25) is 0 Å². The third-order valence-corrected chi connectivity index (χ3v) is 5.09. The number of hydrogen-bond donors (Lipinski definition) is 3. The Morgan fingerprint density at radius 1 is 0.871 bits per heavy atom. The molecule has 0 bridgehead atoms. The van der Waals surface area contributed by atoms with Crippen molar-refractivity contribution in [3.8, 4) is 0 Å². The van der Waals surface area contributed by atoms with Crippen molar-refractivity contribution in [2.75, 3.05) is 23.7 Å². The molecule has 1 aliphatic heterocycles. The second-order valence-electron chi connectivity index (χ2n) is 6.87. The Hall–Kier alpha value is -3.42. The number of nitrogens with one attached hydrogen (secondary N) is 3. The van der Waals surface area contributed by atoms with Crippen LogP contribution in [0.5, 0.6) is 0 Å². The molecule has 1 aliphatic rings. The lowest BCUT2D eigenvalue weighted by Gasteiger charge is -2.12. The summed E-state index contributed by atoms with van der Waals surface area (Å²) in [6.07, 6.45) is 1.42. The molecule has 9 heteroatoms. The van der Waals surface area contributed by atoms with E-state index in [1.54, 1.807) is 48.5 Å². The lowest BCUT2D eigenvalue weighted by molar-refractivity contribution is 0.102. The highest BCUT2D eigenvalue weighted by atomic mass is 35.5. The van der Waals surface area contributed by atoms with E-state index in [4.69, 9.17) is 28.6 Å². The van der Waals surface area contributed by atoms with Gasteiger partial charge in [-0.1, -0.05) is 35.3 Å². The molecule has 1 fully saturated rings. The summed E-state index contributed by atoms with van der Waals surface area (Å²) in [7, 11) is 0. The monoisotopic (exact) mass is 453 g/mol. The molecule has 0 saturated carbocycles. The molecule has 1 saturated heterocycles. The molecule has 31 heavy (non-hydrogen) atoms. The number of benzene rings is 2.